The molecule has 0 atom stereocenters. The van der Waals surface area contributed by atoms with E-state index in [4.69, 9.17) is 21.1 Å². The Morgan fingerprint density at radius 3 is 2.75 bits per heavy atom. The Bertz CT molecular complexity index is 551. The lowest BCUT2D eigenvalue weighted by molar-refractivity contribution is 0.0654. The summed E-state index contributed by atoms with van der Waals surface area (Å²) in [7, 11) is 0. The first-order valence-electron chi connectivity index (χ1n) is 4.41. The van der Waals surface area contributed by atoms with Gasteiger partial charge in [-0.3, -0.25) is 0 Å². The standard InChI is InChI=1S/C10H7ClN2O3/c1-5-2-3-6(7(11)4-5)8-12-13-9(16-8)10(14)15/h2-4H,1H3,(H,14,15). The van der Waals surface area contributed by atoms with Gasteiger partial charge in [0.25, 0.3) is 0 Å². The minimum absolute atomic E-state index is 0.0994. The van der Waals surface area contributed by atoms with E-state index < -0.39 is 11.9 Å². The lowest BCUT2D eigenvalue weighted by Crippen LogP contribution is -1.95. The average molecular weight is 239 g/mol. The molecule has 1 heterocycles. The smallest absolute Gasteiger partial charge is 0.393 e. The van der Waals surface area contributed by atoms with Crippen molar-refractivity contribution in [2.45, 2.75) is 6.92 Å². The predicted octanol–water partition coefficient (Wildman–Crippen LogP) is 2.40. The minimum atomic E-state index is -1.26. The molecule has 82 valence electrons. The van der Waals surface area contributed by atoms with Gasteiger partial charge < -0.3 is 9.52 Å². The van der Waals surface area contributed by atoms with Gasteiger partial charge in [0.05, 0.1) is 10.6 Å². The maximum Gasteiger partial charge on any atom is 0.393 e. The largest absolute Gasteiger partial charge is 0.474 e. The number of halogens is 1. The number of aromatic nitrogens is 2. The third-order valence-electron chi connectivity index (χ3n) is 1.96. The van der Waals surface area contributed by atoms with Gasteiger partial charge in [0.2, 0.25) is 5.89 Å². The van der Waals surface area contributed by atoms with Crippen LogP contribution >= 0.6 is 11.6 Å². The molecule has 0 aliphatic carbocycles. The SMILES string of the molecule is Cc1ccc(-c2nnc(C(=O)O)o2)c(Cl)c1. The summed E-state index contributed by atoms with van der Waals surface area (Å²) in [5, 5.41) is 16.1. The quantitative estimate of drug-likeness (QED) is 0.869. The van der Waals surface area contributed by atoms with E-state index in [0.717, 1.165) is 5.56 Å². The molecule has 0 saturated heterocycles. The second kappa shape index (κ2) is 3.94. The lowest BCUT2D eigenvalue weighted by atomic mass is 10.1. The first-order chi connectivity index (χ1) is 7.58. The van der Waals surface area contributed by atoms with Gasteiger partial charge in [-0.25, -0.2) is 4.79 Å². The maximum absolute atomic E-state index is 10.6. The molecule has 1 aromatic carbocycles. The molecular weight excluding hydrogens is 232 g/mol. The van der Waals surface area contributed by atoms with E-state index in [1.807, 2.05) is 13.0 Å². The van der Waals surface area contributed by atoms with Crippen LogP contribution < -0.4 is 0 Å². The van der Waals surface area contributed by atoms with E-state index >= 15 is 0 Å². The van der Waals surface area contributed by atoms with Crippen LogP contribution in [0.1, 0.15) is 16.2 Å². The van der Waals surface area contributed by atoms with Gasteiger partial charge in [-0.05, 0) is 24.6 Å². The minimum Gasteiger partial charge on any atom is -0.474 e. The van der Waals surface area contributed by atoms with Gasteiger partial charge in [-0.2, -0.15) is 0 Å². The van der Waals surface area contributed by atoms with E-state index in [-0.39, 0.29) is 5.89 Å². The second-order valence-electron chi connectivity index (χ2n) is 3.20. The normalized spacial score (nSPS) is 10.4. The van der Waals surface area contributed by atoms with Crippen LogP contribution in [-0.4, -0.2) is 21.3 Å². The molecule has 0 amide bonds. The summed E-state index contributed by atoms with van der Waals surface area (Å²) in [4.78, 5) is 10.6. The van der Waals surface area contributed by atoms with Gasteiger partial charge in [0, 0.05) is 0 Å². The monoisotopic (exact) mass is 238 g/mol. The van der Waals surface area contributed by atoms with Crippen molar-refractivity contribution in [1.29, 1.82) is 0 Å². The van der Waals surface area contributed by atoms with Crippen LogP contribution in [0.25, 0.3) is 11.5 Å². The Morgan fingerprint density at radius 1 is 1.44 bits per heavy atom. The van der Waals surface area contributed by atoms with Crippen LogP contribution in [0.2, 0.25) is 5.02 Å². The summed E-state index contributed by atoms with van der Waals surface area (Å²) >= 11 is 5.98. The predicted molar refractivity (Wildman–Crippen MR) is 56.4 cm³/mol. The van der Waals surface area contributed by atoms with Crippen LogP contribution in [-0.2, 0) is 0 Å². The molecule has 0 spiro atoms. The molecule has 0 radical (unpaired) electrons. The van der Waals surface area contributed by atoms with Gasteiger partial charge in [0.1, 0.15) is 0 Å². The molecule has 0 bridgehead atoms. The Morgan fingerprint density at radius 2 is 2.19 bits per heavy atom. The molecule has 0 aliphatic rings. The number of hydrogen-bond donors (Lipinski definition) is 1. The van der Waals surface area contributed by atoms with Crippen LogP contribution in [0, 0.1) is 6.92 Å². The van der Waals surface area contributed by atoms with Crippen molar-refractivity contribution in [3.05, 3.63) is 34.7 Å². The molecule has 0 saturated carbocycles. The van der Waals surface area contributed by atoms with Crippen LogP contribution in [0.3, 0.4) is 0 Å². The van der Waals surface area contributed by atoms with Crippen LogP contribution in [0.15, 0.2) is 22.6 Å². The molecule has 0 aliphatic heterocycles. The van der Waals surface area contributed by atoms with E-state index in [9.17, 15) is 4.79 Å². The average Bonchev–Trinajstić information content (AvgIpc) is 2.66. The van der Waals surface area contributed by atoms with Crippen molar-refractivity contribution in [3.8, 4) is 11.5 Å². The van der Waals surface area contributed by atoms with Crippen LogP contribution in [0.5, 0.6) is 0 Å². The highest BCUT2D eigenvalue weighted by Gasteiger charge is 2.15. The molecule has 0 unspecified atom stereocenters. The van der Waals surface area contributed by atoms with Crippen LogP contribution in [0.4, 0.5) is 0 Å². The molecule has 16 heavy (non-hydrogen) atoms. The first kappa shape index (κ1) is 10.6. The van der Waals surface area contributed by atoms with E-state index in [1.165, 1.54) is 0 Å². The molecule has 2 aromatic rings. The van der Waals surface area contributed by atoms with Gasteiger partial charge in [-0.1, -0.05) is 17.7 Å². The molecule has 1 aromatic heterocycles. The number of aryl methyl sites for hydroxylation is 1. The summed E-state index contributed by atoms with van der Waals surface area (Å²) in [6.45, 7) is 1.89. The van der Waals surface area contributed by atoms with E-state index in [1.54, 1.807) is 12.1 Å². The summed E-state index contributed by atoms with van der Waals surface area (Å²) in [6.07, 6.45) is 0. The third-order valence-corrected chi connectivity index (χ3v) is 2.28. The number of benzene rings is 1. The van der Waals surface area contributed by atoms with Gasteiger partial charge in [0.15, 0.2) is 0 Å². The molecular formula is C10H7ClN2O3. The van der Waals surface area contributed by atoms with Crippen molar-refractivity contribution in [1.82, 2.24) is 10.2 Å². The highest BCUT2D eigenvalue weighted by atomic mass is 35.5. The maximum atomic E-state index is 10.6. The van der Waals surface area contributed by atoms with Crippen molar-refractivity contribution in [3.63, 3.8) is 0 Å². The first-order valence-corrected chi connectivity index (χ1v) is 4.79. The van der Waals surface area contributed by atoms with Crippen molar-refractivity contribution < 1.29 is 14.3 Å². The summed E-state index contributed by atoms with van der Waals surface area (Å²) in [5.74, 6) is -1.61. The Kier molecular flexibility index (Phi) is 2.62. The zero-order valence-corrected chi connectivity index (χ0v) is 9.02. The highest BCUT2D eigenvalue weighted by molar-refractivity contribution is 6.33. The van der Waals surface area contributed by atoms with Crippen molar-refractivity contribution in [2.75, 3.05) is 0 Å². The topological polar surface area (TPSA) is 76.2 Å². The number of carboxylic acid groups (broad SMARTS) is 1. The van der Waals surface area contributed by atoms with Crippen molar-refractivity contribution >= 4 is 17.6 Å². The summed E-state index contributed by atoms with van der Waals surface area (Å²) < 4.78 is 4.95. The van der Waals surface area contributed by atoms with Crippen molar-refractivity contribution in [2.24, 2.45) is 0 Å². The van der Waals surface area contributed by atoms with E-state index in [2.05, 4.69) is 10.2 Å². The molecule has 1 N–H and O–H groups in total. The number of nitrogens with zero attached hydrogens (tertiary/aromatic N) is 2. The number of carboxylic acids is 1. The zero-order valence-electron chi connectivity index (χ0n) is 8.27. The number of carbonyl (C=O) groups is 1. The van der Waals surface area contributed by atoms with Gasteiger partial charge in [-0.15, -0.1) is 10.2 Å². The number of hydrogen-bond acceptors (Lipinski definition) is 4. The Balaban J connectivity index is 2.46. The summed E-state index contributed by atoms with van der Waals surface area (Å²) in [6, 6.07) is 5.27. The highest BCUT2D eigenvalue weighted by Crippen LogP contribution is 2.27. The molecule has 2 rings (SSSR count). The fourth-order valence-corrected chi connectivity index (χ4v) is 1.53. The molecule has 6 heteroatoms. The fourth-order valence-electron chi connectivity index (χ4n) is 1.21. The molecule has 5 nitrogen and oxygen atoms in total. The number of aromatic carboxylic acids is 1. The third kappa shape index (κ3) is 1.90. The van der Waals surface area contributed by atoms with Gasteiger partial charge >= 0.3 is 11.9 Å². The second-order valence-corrected chi connectivity index (χ2v) is 3.61. The summed E-state index contributed by atoms with van der Waals surface area (Å²) in [5.41, 5.74) is 1.51. The van der Waals surface area contributed by atoms with E-state index in [0.29, 0.717) is 10.6 Å². The fraction of sp³-hybridized carbons (Fsp3) is 0.100. The number of rotatable bonds is 2. The Labute approximate surface area is 95.7 Å². The molecule has 0 fully saturated rings. The lowest BCUT2D eigenvalue weighted by Gasteiger charge is -1.99. The zero-order chi connectivity index (χ0) is 11.7. The Hall–Kier alpha value is -1.88.